The van der Waals surface area contributed by atoms with E-state index >= 15 is 0 Å². The Hall–Kier alpha value is -1.02. The van der Waals surface area contributed by atoms with Crippen LogP contribution in [0.4, 0.5) is 0 Å². The van der Waals surface area contributed by atoms with Crippen LogP contribution in [-0.2, 0) is 6.42 Å². The number of nitrogens with one attached hydrogen (secondary N) is 1. The second-order valence-corrected chi connectivity index (χ2v) is 3.67. The molecule has 1 aromatic carbocycles. The molecule has 0 amide bonds. The van der Waals surface area contributed by atoms with Gasteiger partial charge in [0.05, 0.1) is 7.11 Å². The van der Waals surface area contributed by atoms with Crippen molar-refractivity contribution in [3.63, 3.8) is 0 Å². The summed E-state index contributed by atoms with van der Waals surface area (Å²) in [5, 5.41) is 3.39. The second-order valence-electron chi connectivity index (χ2n) is 3.67. The molecule has 0 atom stereocenters. The normalized spacial score (nSPS) is 9.25. The van der Waals surface area contributed by atoms with Gasteiger partial charge in [0.2, 0.25) is 0 Å². The van der Waals surface area contributed by atoms with E-state index in [9.17, 15) is 0 Å². The third-order valence-electron chi connectivity index (χ3n) is 2.14. The molecule has 0 fully saturated rings. The number of methoxy groups -OCH3 is 1. The Bertz CT molecular complexity index is 271. The number of ether oxygens (including phenoxy) is 1. The van der Waals surface area contributed by atoms with E-state index in [0.29, 0.717) is 6.04 Å². The molecule has 2 heteroatoms. The molecule has 0 aliphatic rings. The first-order valence-electron chi connectivity index (χ1n) is 5.09. The molecule has 0 heterocycles. The lowest BCUT2D eigenvalue weighted by molar-refractivity contribution is 0.408. The van der Waals surface area contributed by atoms with E-state index in [4.69, 9.17) is 4.74 Å². The molecule has 0 radical (unpaired) electrons. The van der Waals surface area contributed by atoms with E-state index in [1.165, 1.54) is 5.56 Å². The summed E-state index contributed by atoms with van der Waals surface area (Å²) in [6, 6.07) is 8.71. The summed E-state index contributed by atoms with van der Waals surface area (Å²) in [6.07, 6.45) is 1.02. The number of rotatable bonds is 5. The highest BCUT2D eigenvalue weighted by atomic mass is 16.5. The van der Waals surface area contributed by atoms with Crippen LogP contribution in [0.15, 0.2) is 24.3 Å². The number of hydrogen-bond acceptors (Lipinski definition) is 2. The molecule has 2 nitrogen and oxygen atoms in total. The molecule has 0 unspecified atom stereocenters. The van der Waals surface area contributed by atoms with Crippen molar-refractivity contribution < 1.29 is 4.74 Å². The van der Waals surface area contributed by atoms with Gasteiger partial charge in [0.1, 0.15) is 5.75 Å². The van der Waals surface area contributed by atoms with Crippen molar-refractivity contribution in [3.05, 3.63) is 29.8 Å². The van der Waals surface area contributed by atoms with Crippen molar-refractivity contribution in [3.8, 4) is 5.75 Å². The van der Waals surface area contributed by atoms with Gasteiger partial charge < -0.3 is 10.1 Å². The minimum absolute atomic E-state index is 0. The van der Waals surface area contributed by atoms with Crippen LogP contribution in [0.1, 0.15) is 34.3 Å². The zero-order valence-electron chi connectivity index (χ0n) is 9.21. The Morgan fingerprint density at radius 3 is 2.38 bits per heavy atom. The molecular weight excluding hydrogens is 198 g/mol. The molecule has 0 spiro atoms. The molecule has 0 saturated carbocycles. The van der Waals surface area contributed by atoms with Crippen molar-refractivity contribution in [2.45, 2.75) is 41.2 Å². The zero-order valence-corrected chi connectivity index (χ0v) is 9.21. The molecule has 94 valence electrons. The summed E-state index contributed by atoms with van der Waals surface area (Å²) in [7, 11) is 1.72. The highest BCUT2D eigenvalue weighted by Crippen LogP contribution is 2.17. The lowest BCUT2D eigenvalue weighted by Crippen LogP contribution is -2.25. The molecule has 0 aromatic heterocycles. The molecule has 0 aliphatic carbocycles. The van der Waals surface area contributed by atoms with Gasteiger partial charge in [-0.2, -0.15) is 0 Å². The lowest BCUT2D eigenvalue weighted by Gasteiger charge is -2.10. The summed E-state index contributed by atoms with van der Waals surface area (Å²) in [6.45, 7) is 5.31. The van der Waals surface area contributed by atoms with Crippen molar-refractivity contribution >= 4 is 0 Å². The first-order valence-corrected chi connectivity index (χ1v) is 5.09. The van der Waals surface area contributed by atoms with Gasteiger partial charge in [-0.05, 0) is 24.6 Å². The highest BCUT2D eigenvalue weighted by Gasteiger charge is 2.00. The third-order valence-corrected chi connectivity index (χ3v) is 2.14. The van der Waals surface area contributed by atoms with Crippen LogP contribution >= 0.6 is 0 Å². The molecule has 1 rings (SSSR count). The lowest BCUT2D eigenvalue weighted by atomic mass is 10.1. The largest absolute Gasteiger partial charge is 0.496 e. The van der Waals surface area contributed by atoms with Gasteiger partial charge in [0, 0.05) is 6.04 Å². The average Bonchev–Trinajstić information content (AvgIpc) is 2.18. The Morgan fingerprint density at radius 1 is 1.19 bits per heavy atom. The van der Waals surface area contributed by atoms with E-state index in [2.05, 4.69) is 25.2 Å². The second kappa shape index (κ2) is 9.22. The fourth-order valence-electron chi connectivity index (χ4n) is 1.41. The maximum absolute atomic E-state index is 5.28. The summed E-state index contributed by atoms with van der Waals surface area (Å²) in [5.41, 5.74) is 1.27. The summed E-state index contributed by atoms with van der Waals surface area (Å²) in [4.78, 5) is 0. The Kier molecular flexibility index (Phi) is 10.0. The van der Waals surface area contributed by atoms with Crippen LogP contribution < -0.4 is 10.1 Å². The monoisotopic (exact) mass is 225 g/mol. The van der Waals surface area contributed by atoms with Gasteiger partial charge in [0.25, 0.3) is 0 Å². The quantitative estimate of drug-likeness (QED) is 0.828. The zero-order chi connectivity index (χ0) is 10.4. The van der Waals surface area contributed by atoms with Gasteiger partial charge >= 0.3 is 0 Å². The summed E-state index contributed by atoms with van der Waals surface area (Å²) in [5.74, 6) is 0.984. The minimum atomic E-state index is 0. The first kappa shape index (κ1) is 17.4. The maximum atomic E-state index is 5.28. The summed E-state index contributed by atoms with van der Waals surface area (Å²) < 4.78 is 5.28. The van der Waals surface area contributed by atoms with E-state index in [1.807, 2.05) is 18.2 Å². The fourth-order valence-corrected chi connectivity index (χ4v) is 1.41. The molecule has 1 N–H and O–H groups in total. The van der Waals surface area contributed by atoms with Crippen LogP contribution in [0, 0.1) is 0 Å². The van der Waals surface area contributed by atoms with Gasteiger partial charge in [-0.25, -0.2) is 0 Å². The van der Waals surface area contributed by atoms with Crippen molar-refractivity contribution in [2.75, 3.05) is 13.7 Å². The van der Waals surface area contributed by atoms with Crippen LogP contribution in [0.2, 0.25) is 0 Å². The topological polar surface area (TPSA) is 21.3 Å². The molecule has 1 aromatic rings. The van der Waals surface area contributed by atoms with Gasteiger partial charge in [0.15, 0.2) is 0 Å². The predicted octanol–water partition coefficient (Wildman–Crippen LogP) is 3.51. The molecule has 16 heavy (non-hydrogen) atoms. The molecule has 0 aliphatic heterocycles. The van der Waals surface area contributed by atoms with Crippen molar-refractivity contribution in [1.29, 1.82) is 0 Å². The fraction of sp³-hybridized carbons (Fsp3) is 0.571. The van der Waals surface area contributed by atoms with E-state index < -0.39 is 0 Å². The highest BCUT2D eigenvalue weighted by molar-refractivity contribution is 5.33. The van der Waals surface area contributed by atoms with E-state index in [1.54, 1.807) is 7.11 Å². The average molecular weight is 225 g/mol. The number of para-hydroxylation sites is 1. The molecular formula is C14H27NO. The van der Waals surface area contributed by atoms with Gasteiger partial charge in [-0.1, -0.05) is 46.9 Å². The third kappa shape index (κ3) is 5.76. The van der Waals surface area contributed by atoms with Crippen LogP contribution in [0.5, 0.6) is 5.75 Å². The summed E-state index contributed by atoms with van der Waals surface area (Å²) >= 11 is 0. The standard InChI is InChI=1S/C12H19NO.2CH4/c1-10(2)13-9-8-11-6-4-5-7-12(11)14-3;;/h4-7,10,13H,8-9H2,1-3H3;2*1H4. The number of benzene rings is 1. The van der Waals surface area contributed by atoms with Crippen LogP contribution in [-0.4, -0.2) is 19.7 Å². The Labute approximate surface area is 101 Å². The Balaban J connectivity index is 0. The Morgan fingerprint density at radius 2 is 1.81 bits per heavy atom. The maximum Gasteiger partial charge on any atom is 0.122 e. The van der Waals surface area contributed by atoms with Crippen molar-refractivity contribution in [1.82, 2.24) is 5.32 Å². The SMILES string of the molecule is C.C.COc1ccccc1CCNC(C)C. The first-order chi connectivity index (χ1) is 6.74. The molecule has 0 saturated heterocycles. The van der Waals surface area contributed by atoms with Gasteiger partial charge in [-0.3, -0.25) is 0 Å². The van der Waals surface area contributed by atoms with Gasteiger partial charge in [-0.15, -0.1) is 0 Å². The smallest absolute Gasteiger partial charge is 0.122 e. The molecule has 0 bridgehead atoms. The van der Waals surface area contributed by atoms with Crippen LogP contribution in [0.3, 0.4) is 0 Å². The van der Waals surface area contributed by atoms with Crippen molar-refractivity contribution in [2.24, 2.45) is 0 Å². The number of hydrogen-bond donors (Lipinski definition) is 1. The van der Waals surface area contributed by atoms with E-state index in [0.717, 1.165) is 18.7 Å². The minimum Gasteiger partial charge on any atom is -0.496 e. The van der Waals surface area contributed by atoms with E-state index in [-0.39, 0.29) is 14.9 Å². The van der Waals surface area contributed by atoms with Crippen LogP contribution in [0.25, 0.3) is 0 Å². The predicted molar refractivity (Wildman–Crippen MR) is 73.3 cm³/mol.